The fourth-order valence-corrected chi connectivity index (χ4v) is 1.85. The smallest absolute Gasteiger partial charge is 0.273 e. The molecule has 6 nitrogen and oxygen atoms in total. The monoisotopic (exact) mass is 267 g/mol. The first-order chi connectivity index (χ1) is 9.83. The Balaban J connectivity index is 1.78. The maximum atomic E-state index is 11.7. The molecule has 0 bridgehead atoms. The fraction of sp³-hybridized carbons (Fsp3) is 0.0714. The molecule has 3 N–H and O–H groups in total. The minimum Gasteiger partial charge on any atom is -0.350 e. The third-order valence-electron chi connectivity index (χ3n) is 2.87. The Labute approximate surface area is 115 Å². The SMILES string of the molecule is O=C1NNC=Cc2nc(NCc3ccccc3)ncc21. The number of carbonyl (C=O) groups is 1. The molecule has 100 valence electrons. The number of anilines is 1. The Kier molecular flexibility index (Phi) is 3.28. The molecule has 6 heteroatoms. The van der Waals surface area contributed by atoms with Gasteiger partial charge in [0, 0.05) is 18.9 Å². The predicted octanol–water partition coefficient (Wildman–Crippen LogP) is 1.31. The Morgan fingerprint density at radius 3 is 2.90 bits per heavy atom. The van der Waals surface area contributed by atoms with E-state index in [1.54, 1.807) is 12.3 Å². The van der Waals surface area contributed by atoms with Crippen LogP contribution in [-0.2, 0) is 6.54 Å². The standard InChI is InChI=1S/C14H13N5O/c20-13-11-9-16-14(18-12(11)6-7-17-19-13)15-8-10-4-2-1-3-5-10/h1-7,9,17H,8H2,(H,19,20)(H,15,16,18). The van der Waals surface area contributed by atoms with Crippen LogP contribution in [0.4, 0.5) is 5.95 Å². The van der Waals surface area contributed by atoms with Crippen LogP contribution in [0.5, 0.6) is 0 Å². The number of hydrazine groups is 1. The molecule has 20 heavy (non-hydrogen) atoms. The molecule has 1 amide bonds. The van der Waals surface area contributed by atoms with E-state index in [9.17, 15) is 4.79 Å². The van der Waals surface area contributed by atoms with Crippen LogP contribution >= 0.6 is 0 Å². The van der Waals surface area contributed by atoms with E-state index >= 15 is 0 Å². The average Bonchev–Trinajstić information content (AvgIpc) is 2.68. The summed E-state index contributed by atoms with van der Waals surface area (Å²) in [5, 5.41) is 3.14. The van der Waals surface area contributed by atoms with Crippen molar-refractivity contribution in [2.24, 2.45) is 0 Å². The van der Waals surface area contributed by atoms with Gasteiger partial charge >= 0.3 is 0 Å². The summed E-state index contributed by atoms with van der Waals surface area (Å²) in [6.07, 6.45) is 4.86. The van der Waals surface area contributed by atoms with Crippen LogP contribution in [0, 0.1) is 0 Å². The van der Waals surface area contributed by atoms with Crippen LogP contribution in [-0.4, -0.2) is 15.9 Å². The van der Waals surface area contributed by atoms with Crippen molar-refractivity contribution in [3.8, 4) is 0 Å². The van der Waals surface area contributed by atoms with E-state index in [2.05, 4.69) is 26.1 Å². The molecule has 0 saturated heterocycles. The lowest BCUT2D eigenvalue weighted by Gasteiger charge is -2.07. The van der Waals surface area contributed by atoms with E-state index < -0.39 is 0 Å². The van der Waals surface area contributed by atoms with Gasteiger partial charge in [0.25, 0.3) is 5.91 Å². The molecule has 0 radical (unpaired) electrons. The lowest BCUT2D eigenvalue weighted by Crippen LogP contribution is -2.32. The molecule has 1 aliphatic heterocycles. The second-order valence-corrected chi connectivity index (χ2v) is 4.26. The highest BCUT2D eigenvalue weighted by atomic mass is 16.2. The van der Waals surface area contributed by atoms with E-state index in [1.807, 2.05) is 30.3 Å². The van der Waals surface area contributed by atoms with Crippen LogP contribution in [0.1, 0.15) is 21.6 Å². The number of fused-ring (bicyclic) bond motifs is 1. The average molecular weight is 267 g/mol. The Hall–Kier alpha value is -2.89. The molecule has 0 saturated carbocycles. The highest BCUT2D eigenvalue weighted by Crippen LogP contribution is 2.12. The Morgan fingerprint density at radius 1 is 1.20 bits per heavy atom. The molecule has 3 rings (SSSR count). The number of aromatic nitrogens is 2. The summed E-state index contributed by atoms with van der Waals surface area (Å²) in [5.41, 5.74) is 7.32. The number of benzene rings is 1. The van der Waals surface area contributed by atoms with Crippen molar-refractivity contribution in [1.29, 1.82) is 0 Å². The maximum Gasteiger partial charge on any atom is 0.273 e. The molecule has 0 fully saturated rings. The van der Waals surface area contributed by atoms with Crippen molar-refractivity contribution in [2.75, 3.05) is 5.32 Å². The van der Waals surface area contributed by atoms with Crippen molar-refractivity contribution in [3.05, 3.63) is 59.5 Å². The van der Waals surface area contributed by atoms with Crippen molar-refractivity contribution in [1.82, 2.24) is 20.8 Å². The highest BCUT2D eigenvalue weighted by molar-refractivity contribution is 5.97. The van der Waals surface area contributed by atoms with Crippen molar-refractivity contribution >= 4 is 17.9 Å². The summed E-state index contributed by atoms with van der Waals surface area (Å²) < 4.78 is 0. The number of hydrogen-bond acceptors (Lipinski definition) is 5. The van der Waals surface area contributed by atoms with Gasteiger partial charge in [-0.1, -0.05) is 30.3 Å². The van der Waals surface area contributed by atoms with Gasteiger partial charge in [-0.15, -0.1) is 0 Å². The predicted molar refractivity (Wildman–Crippen MR) is 75.4 cm³/mol. The van der Waals surface area contributed by atoms with Gasteiger partial charge in [-0.25, -0.2) is 9.97 Å². The minimum atomic E-state index is -0.250. The van der Waals surface area contributed by atoms with Crippen molar-refractivity contribution in [3.63, 3.8) is 0 Å². The minimum absolute atomic E-state index is 0.250. The molecule has 0 spiro atoms. The van der Waals surface area contributed by atoms with E-state index in [0.29, 0.717) is 23.8 Å². The number of amides is 1. The first-order valence-electron chi connectivity index (χ1n) is 6.20. The first-order valence-corrected chi connectivity index (χ1v) is 6.20. The second-order valence-electron chi connectivity index (χ2n) is 4.26. The molecular formula is C14H13N5O. The largest absolute Gasteiger partial charge is 0.350 e. The first kappa shape index (κ1) is 12.2. The third kappa shape index (κ3) is 2.59. The molecule has 2 heterocycles. The van der Waals surface area contributed by atoms with Gasteiger partial charge in [-0.3, -0.25) is 10.2 Å². The summed E-state index contributed by atoms with van der Waals surface area (Å²) in [6, 6.07) is 9.97. The molecule has 1 aromatic carbocycles. The maximum absolute atomic E-state index is 11.7. The number of carbonyl (C=O) groups excluding carboxylic acids is 1. The lowest BCUT2D eigenvalue weighted by molar-refractivity contribution is 0.0941. The van der Waals surface area contributed by atoms with Crippen LogP contribution in [0.3, 0.4) is 0 Å². The molecule has 2 aromatic rings. The number of nitrogens with one attached hydrogen (secondary N) is 3. The molecule has 0 aliphatic carbocycles. The van der Waals surface area contributed by atoms with Crippen LogP contribution < -0.4 is 16.2 Å². The zero-order valence-corrected chi connectivity index (χ0v) is 10.6. The second kappa shape index (κ2) is 5.40. The summed E-state index contributed by atoms with van der Waals surface area (Å²) in [5.74, 6) is 0.242. The summed E-state index contributed by atoms with van der Waals surface area (Å²) in [7, 11) is 0. The Bertz CT molecular complexity index is 654. The van der Waals surface area contributed by atoms with Gasteiger partial charge < -0.3 is 10.7 Å². The van der Waals surface area contributed by atoms with Crippen molar-refractivity contribution in [2.45, 2.75) is 6.54 Å². The van der Waals surface area contributed by atoms with E-state index in [-0.39, 0.29) is 5.91 Å². The fourth-order valence-electron chi connectivity index (χ4n) is 1.85. The Morgan fingerprint density at radius 2 is 2.05 bits per heavy atom. The number of nitrogens with zero attached hydrogens (tertiary/aromatic N) is 2. The van der Waals surface area contributed by atoms with E-state index in [1.165, 1.54) is 6.20 Å². The zero-order valence-electron chi connectivity index (χ0n) is 10.6. The number of rotatable bonds is 3. The van der Waals surface area contributed by atoms with Crippen LogP contribution in [0.15, 0.2) is 42.7 Å². The summed E-state index contributed by atoms with van der Waals surface area (Å²) >= 11 is 0. The molecule has 1 aromatic heterocycles. The molecule has 0 atom stereocenters. The molecule has 1 aliphatic rings. The van der Waals surface area contributed by atoms with E-state index in [4.69, 9.17) is 0 Å². The van der Waals surface area contributed by atoms with E-state index in [0.717, 1.165) is 5.56 Å². The third-order valence-corrected chi connectivity index (χ3v) is 2.87. The lowest BCUT2D eigenvalue weighted by atomic mass is 10.2. The highest BCUT2D eigenvalue weighted by Gasteiger charge is 2.14. The molecule has 0 unspecified atom stereocenters. The van der Waals surface area contributed by atoms with Gasteiger partial charge in [0.05, 0.1) is 11.3 Å². The van der Waals surface area contributed by atoms with Crippen LogP contribution in [0.25, 0.3) is 6.08 Å². The molecular weight excluding hydrogens is 254 g/mol. The van der Waals surface area contributed by atoms with Crippen molar-refractivity contribution < 1.29 is 4.79 Å². The van der Waals surface area contributed by atoms with Gasteiger partial charge in [0.1, 0.15) is 0 Å². The quantitative estimate of drug-likeness (QED) is 0.781. The topological polar surface area (TPSA) is 78.9 Å². The summed E-state index contributed by atoms with van der Waals surface area (Å²) in [4.78, 5) is 20.2. The van der Waals surface area contributed by atoms with Gasteiger partial charge in [-0.05, 0) is 11.6 Å². The van der Waals surface area contributed by atoms with Crippen LogP contribution in [0.2, 0.25) is 0 Å². The normalized spacial score (nSPS) is 12.9. The number of hydrogen-bond donors (Lipinski definition) is 3. The summed E-state index contributed by atoms with van der Waals surface area (Å²) in [6.45, 7) is 0.633. The van der Waals surface area contributed by atoms with Gasteiger partial charge in [0.15, 0.2) is 0 Å². The zero-order chi connectivity index (χ0) is 13.8. The van der Waals surface area contributed by atoms with Gasteiger partial charge in [0.2, 0.25) is 5.95 Å². The van der Waals surface area contributed by atoms with Gasteiger partial charge in [-0.2, -0.15) is 0 Å².